The van der Waals surface area contributed by atoms with Gasteiger partial charge in [-0.2, -0.15) is 0 Å². The van der Waals surface area contributed by atoms with Gasteiger partial charge in [-0.25, -0.2) is 0 Å². The first kappa shape index (κ1) is 33.6. The van der Waals surface area contributed by atoms with Crippen LogP contribution in [-0.2, 0) is 0 Å². The van der Waals surface area contributed by atoms with E-state index >= 15 is 0 Å². The lowest BCUT2D eigenvalue weighted by Gasteiger charge is -2.32. The maximum atomic E-state index is 6.93. The van der Waals surface area contributed by atoms with Crippen molar-refractivity contribution in [3.8, 4) is 44.5 Å². The summed E-state index contributed by atoms with van der Waals surface area (Å²) in [7, 11) is 0. The van der Waals surface area contributed by atoms with Crippen LogP contribution in [0, 0.1) is 0 Å². The molecule has 0 aliphatic carbocycles. The van der Waals surface area contributed by atoms with E-state index in [4.69, 9.17) is 4.42 Å². The number of hydrogen-bond acceptors (Lipinski definition) is 2. The molecule has 0 saturated heterocycles. The molecule has 0 atom stereocenters. The van der Waals surface area contributed by atoms with E-state index in [0.29, 0.717) is 0 Å². The molecule has 0 fully saturated rings. The minimum absolute atomic E-state index is 0.842. The molecule has 0 amide bonds. The summed E-state index contributed by atoms with van der Waals surface area (Å²) < 4.78 is 6.93. The van der Waals surface area contributed by atoms with Crippen molar-refractivity contribution in [2.75, 3.05) is 4.90 Å². The quantitative estimate of drug-likeness (QED) is 0.151. The first-order chi connectivity index (χ1) is 28.8. The van der Waals surface area contributed by atoms with E-state index in [1.807, 2.05) is 6.07 Å². The normalized spacial score (nSPS) is 11.4. The molecule has 0 unspecified atom stereocenters. The van der Waals surface area contributed by atoms with E-state index < -0.39 is 0 Å². The van der Waals surface area contributed by atoms with Gasteiger partial charge in [0.05, 0.1) is 11.4 Å². The lowest BCUT2D eigenvalue weighted by Crippen LogP contribution is -2.13. The highest BCUT2D eigenvalue weighted by atomic mass is 16.3. The molecule has 11 rings (SSSR count). The maximum absolute atomic E-state index is 6.93. The number of para-hydroxylation sites is 2. The summed E-state index contributed by atoms with van der Waals surface area (Å²) >= 11 is 0. The average molecular weight is 740 g/mol. The Balaban J connectivity index is 1.34. The van der Waals surface area contributed by atoms with E-state index in [-0.39, 0.29) is 0 Å². The van der Waals surface area contributed by atoms with Crippen LogP contribution >= 0.6 is 0 Å². The number of fused-ring (bicyclic) bond motifs is 6. The summed E-state index contributed by atoms with van der Waals surface area (Å²) in [4.78, 5) is 2.48. The van der Waals surface area contributed by atoms with Gasteiger partial charge < -0.3 is 9.32 Å². The standard InChI is InChI=1S/C56H37NO/c1-4-19-38(20-5-1)41-35-42(39-21-6-2-7-22-39)37-43(36-41)57(52-33-18-32-51-47-28-16-17-34-53(47)58-56(51)52)55-50-31-15-12-27-46(50)45-26-11-14-30-49(45)54(55)48-29-13-10-25-44(48)40-23-8-3-9-24-40/h1-37H. The molecule has 0 N–H and O–H groups in total. The molecule has 0 aliphatic rings. The highest BCUT2D eigenvalue weighted by Gasteiger charge is 2.28. The van der Waals surface area contributed by atoms with Crippen molar-refractivity contribution in [3.05, 3.63) is 224 Å². The smallest absolute Gasteiger partial charge is 0.159 e. The maximum Gasteiger partial charge on any atom is 0.159 e. The molecule has 0 spiro atoms. The molecule has 0 saturated carbocycles. The predicted octanol–water partition coefficient (Wildman–Crippen LogP) is 16.0. The summed E-state index contributed by atoms with van der Waals surface area (Å²) in [5.74, 6) is 0. The van der Waals surface area contributed by atoms with Crippen LogP contribution in [0.3, 0.4) is 0 Å². The summed E-state index contributed by atoms with van der Waals surface area (Å²) in [6.45, 7) is 0. The van der Waals surface area contributed by atoms with Gasteiger partial charge in [-0.3, -0.25) is 0 Å². The summed E-state index contributed by atoms with van der Waals surface area (Å²) in [6, 6.07) is 80.8. The second kappa shape index (κ2) is 14.1. The minimum Gasteiger partial charge on any atom is -0.454 e. The zero-order valence-corrected chi connectivity index (χ0v) is 31.7. The number of furan rings is 1. The Kier molecular flexibility index (Phi) is 8.19. The Hall–Kier alpha value is -7.68. The van der Waals surface area contributed by atoms with Gasteiger partial charge in [0.15, 0.2) is 5.58 Å². The summed E-state index contributed by atoms with van der Waals surface area (Å²) in [6.07, 6.45) is 0. The average Bonchev–Trinajstić information content (AvgIpc) is 3.69. The fourth-order valence-corrected chi connectivity index (χ4v) is 8.83. The van der Waals surface area contributed by atoms with Crippen LogP contribution in [0.25, 0.3) is 88.0 Å². The Morgan fingerprint density at radius 2 is 0.793 bits per heavy atom. The molecule has 1 heterocycles. The van der Waals surface area contributed by atoms with E-state index in [0.717, 1.165) is 77.8 Å². The number of benzene rings is 10. The molecular formula is C56H37NO. The SMILES string of the molecule is c1ccc(-c2cc(-c3ccccc3)cc(N(c3c(-c4ccccc4-c4ccccc4)c4ccccc4c4ccccc34)c3cccc4c3oc3ccccc34)c2)cc1. The molecule has 58 heavy (non-hydrogen) atoms. The van der Waals surface area contributed by atoms with Gasteiger partial charge in [-0.1, -0.05) is 194 Å². The summed E-state index contributed by atoms with van der Waals surface area (Å²) in [5, 5.41) is 6.92. The Bertz CT molecular complexity index is 3220. The molecule has 2 nitrogen and oxygen atoms in total. The molecule has 11 aromatic rings. The molecule has 10 aromatic carbocycles. The van der Waals surface area contributed by atoms with Gasteiger partial charge in [0.2, 0.25) is 0 Å². The van der Waals surface area contributed by atoms with Crippen LogP contribution in [-0.4, -0.2) is 0 Å². The van der Waals surface area contributed by atoms with Crippen LogP contribution < -0.4 is 4.90 Å². The monoisotopic (exact) mass is 739 g/mol. The van der Waals surface area contributed by atoms with Gasteiger partial charge in [-0.05, 0) is 85.4 Å². The van der Waals surface area contributed by atoms with E-state index in [1.54, 1.807) is 0 Å². The zero-order valence-electron chi connectivity index (χ0n) is 31.7. The predicted molar refractivity (Wildman–Crippen MR) is 245 cm³/mol. The molecular weight excluding hydrogens is 703 g/mol. The molecule has 2 heteroatoms. The molecule has 0 aliphatic heterocycles. The molecule has 0 radical (unpaired) electrons. The van der Waals surface area contributed by atoms with Crippen molar-refractivity contribution in [2.24, 2.45) is 0 Å². The third-order valence-corrected chi connectivity index (χ3v) is 11.4. The molecule has 0 bridgehead atoms. The third kappa shape index (κ3) is 5.66. The van der Waals surface area contributed by atoms with Crippen LogP contribution in [0.1, 0.15) is 0 Å². The van der Waals surface area contributed by atoms with Crippen molar-refractivity contribution in [1.29, 1.82) is 0 Å². The second-order valence-electron chi connectivity index (χ2n) is 14.8. The Morgan fingerprint density at radius 3 is 1.45 bits per heavy atom. The number of nitrogens with zero attached hydrogens (tertiary/aromatic N) is 1. The van der Waals surface area contributed by atoms with E-state index in [2.05, 4.69) is 223 Å². The van der Waals surface area contributed by atoms with Gasteiger partial charge in [-0.15, -0.1) is 0 Å². The van der Waals surface area contributed by atoms with Crippen molar-refractivity contribution in [2.45, 2.75) is 0 Å². The van der Waals surface area contributed by atoms with Gasteiger partial charge in [0, 0.05) is 27.4 Å². The van der Waals surface area contributed by atoms with Crippen molar-refractivity contribution in [1.82, 2.24) is 0 Å². The number of anilines is 3. The molecule has 1 aromatic heterocycles. The first-order valence-electron chi connectivity index (χ1n) is 19.8. The van der Waals surface area contributed by atoms with E-state index in [1.165, 1.54) is 27.3 Å². The molecule has 272 valence electrons. The largest absolute Gasteiger partial charge is 0.454 e. The topological polar surface area (TPSA) is 16.4 Å². The highest BCUT2D eigenvalue weighted by Crippen LogP contribution is 2.53. The summed E-state index contributed by atoms with van der Waals surface area (Å²) in [5.41, 5.74) is 14.1. The Morgan fingerprint density at radius 1 is 0.310 bits per heavy atom. The number of hydrogen-bond donors (Lipinski definition) is 0. The van der Waals surface area contributed by atoms with Crippen LogP contribution in [0.4, 0.5) is 17.1 Å². The van der Waals surface area contributed by atoms with Crippen LogP contribution in [0.5, 0.6) is 0 Å². The minimum atomic E-state index is 0.842. The lowest BCUT2D eigenvalue weighted by molar-refractivity contribution is 0.669. The third-order valence-electron chi connectivity index (χ3n) is 11.4. The Labute approximate surface area is 337 Å². The fourth-order valence-electron chi connectivity index (χ4n) is 8.83. The van der Waals surface area contributed by atoms with Crippen molar-refractivity contribution in [3.63, 3.8) is 0 Å². The van der Waals surface area contributed by atoms with Crippen molar-refractivity contribution < 1.29 is 4.42 Å². The van der Waals surface area contributed by atoms with Crippen LogP contribution in [0.2, 0.25) is 0 Å². The van der Waals surface area contributed by atoms with Crippen molar-refractivity contribution >= 4 is 60.5 Å². The van der Waals surface area contributed by atoms with Gasteiger partial charge in [0.1, 0.15) is 5.58 Å². The van der Waals surface area contributed by atoms with Gasteiger partial charge in [0.25, 0.3) is 0 Å². The van der Waals surface area contributed by atoms with Crippen LogP contribution in [0.15, 0.2) is 229 Å². The first-order valence-corrected chi connectivity index (χ1v) is 19.8. The lowest BCUT2D eigenvalue weighted by atomic mass is 9.86. The van der Waals surface area contributed by atoms with Gasteiger partial charge >= 0.3 is 0 Å². The highest BCUT2D eigenvalue weighted by molar-refractivity contribution is 6.24. The van der Waals surface area contributed by atoms with E-state index in [9.17, 15) is 0 Å². The zero-order chi connectivity index (χ0) is 38.4. The fraction of sp³-hybridized carbons (Fsp3) is 0. The number of rotatable bonds is 7. The second-order valence-corrected chi connectivity index (χ2v) is 14.8.